The Morgan fingerprint density at radius 3 is 2.38 bits per heavy atom. The average molecular weight is 358 g/mol. The molecule has 0 aromatic carbocycles. The van der Waals surface area contributed by atoms with E-state index in [4.69, 9.17) is 13.3 Å². The smallest absolute Gasteiger partial charge is 0.374 e. The first-order valence-electron chi connectivity index (χ1n) is 8.07. The van der Waals surface area contributed by atoms with E-state index in [0.717, 1.165) is 0 Å². The van der Waals surface area contributed by atoms with Crippen molar-refractivity contribution >= 4 is 20.8 Å². The molecule has 9 nitrogen and oxygen atoms in total. The molecule has 0 fully saturated rings. The fraction of sp³-hybridized carbons (Fsp3) is 0.643. The van der Waals surface area contributed by atoms with E-state index in [2.05, 4.69) is 20.6 Å². The number of rotatable bonds is 11. The van der Waals surface area contributed by atoms with Gasteiger partial charge >= 0.3 is 14.8 Å². The maximum Gasteiger partial charge on any atom is 0.500 e. The van der Waals surface area contributed by atoms with E-state index in [-0.39, 0.29) is 11.5 Å². The van der Waals surface area contributed by atoms with Crippen molar-refractivity contribution in [3.05, 3.63) is 22.6 Å². The molecule has 0 saturated carbocycles. The van der Waals surface area contributed by atoms with Crippen molar-refractivity contribution in [2.24, 2.45) is 0 Å². The van der Waals surface area contributed by atoms with Gasteiger partial charge in [0.2, 0.25) is 5.95 Å². The fourth-order valence-electron chi connectivity index (χ4n) is 2.09. The molecule has 136 valence electrons. The van der Waals surface area contributed by atoms with Crippen LogP contribution in [0.1, 0.15) is 27.2 Å². The molecule has 0 aliphatic rings. The summed E-state index contributed by atoms with van der Waals surface area (Å²) in [6.45, 7) is 7.69. The Morgan fingerprint density at radius 1 is 1.21 bits per heavy atom. The van der Waals surface area contributed by atoms with E-state index in [1.807, 2.05) is 20.8 Å². The van der Waals surface area contributed by atoms with Gasteiger partial charge in [0.05, 0.1) is 0 Å². The van der Waals surface area contributed by atoms with Crippen molar-refractivity contribution in [1.82, 2.24) is 15.3 Å². The number of anilines is 1. The SMILES string of the molecule is CCO[Si](CCCNC(=O)Nc1nccc(=O)[nH]1)(OCC)OCC. The van der Waals surface area contributed by atoms with Gasteiger partial charge in [-0.25, -0.2) is 9.78 Å². The van der Waals surface area contributed by atoms with Crippen LogP contribution in [0.15, 0.2) is 17.1 Å². The first kappa shape index (κ1) is 20.3. The molecule has 1 aromatic heterocycles. The molecule has 1 heterocycles. The minimum absolute atomic E-state index is 0.0988. The molecular weight excluding hydrogens is 332 g/mol. The van der Waals surface area contributed by atoms with Crippen LogP contribution in [0.5, 0.6) is 0 Å². The van der Waals surface area contributed by atoms with Crippen molar-refractivity contribution in [2.75, 3.05) is 31.7 Å². The zero-order valence-electron chi connectivity index (χ0n) is 14.4. The van der Waals surface area contributed by atoms with Crippen LogP contribution in [-0.4, -0.2) is 51.2 Å². The summed E-state index contributed by atoms with van der Waals surface area (Å²) < 4.78 is 17.2. The van der Waals surface area contributed by atoms with Gasteiger partial charge in [-0.15, -0.1) is 0 Å². The summed E-state index contributed by atoms with van der Waals surface area (Å²) in [7, 11) is -2.68. The van der Waals surface area contributed by atoms with Gasteiger partial charge in [-0.1, -0.05) is 0 Å². The van der Waals surface area contributed by atoms with E-state index in [9.17, 15) is 9.59 Å². The normalized spacial score (nSPS) is 11.3. The van der Waals surface area contributed by atoms with Crippen LogP contribution < -0.4 is 16.2 Å². The van der Waals surface area contributed by atoms with Gasteiger partial charge in [-0.05, 0) is 27.2 Å². The first-order valence-corrected chi connectivity index (χ1v) is 10.0. The molecule has 0 spiro atoms. The number of hydrogen-bond donors (Lipinski definition) is 3. The summed E-state index contributed by atoms with van der Waals surface area (Å²) in [5, 5.41) is 5.15. The van der Waals surface area contributed by atoms with Crippen molar-refractivity contribution in [2.45, 2.75) is 33.2 Å². The van der Waals surface area contributed by atoms with Crippen LogP contribution in [0.3, 0.4) is 0 Å². The van der Waals surface area contributed by atoms with Gasteiger partial charge < -0.3 is 18.6 Å². The maximum atomic E-state index is 11.8. The zero-order valence-corrected chi connectivity index (χ0v) is 15.4. The Balaban J connectivity index is 2.41. The second-order valence-electron chi connectivity index (χ2n) is 4.75. The van der Waals surface area contributed by atoms with Crippen molar-refractivity contribution in [3.8, 4) is 0 Å². The monoisotopic (exact) mass is 358 g/mol. The Morgan fingerprint density at radius 2 is 1.83 bits per heavy atom. The Labute approximate surface area is 142 Å². The van der Waals surface area contributed by atoms with E-state index < -0.39 is 14.8 Å². The molecule has 0 unspecified atom stereocenters. The highest BCUT2D eigenvalue weighted by atomic mass is 28.4. The van der Waals surface area contributed by atoms with Gasteiger partial charge in [0, 0.05) is 44.7 Å². The molecule has 0 radical (unpaired) electrons. The van der Waals surface area contributed by atoms with Crippen LogP contribution in [0.25, 0.3) is 0 Å². The lowest BCUT2D eigenvalue weighted by atomic mass is 10.5. The van der Waals surface area contributed by atoms with E-state index >= 15 is 0 Å². The first-order chi connectivity index (χ1) is 11.5. The average Bonchev–Trinajstić information content (AvgIpc) is 2.52. The Hall–Kier alpha value is -1.75. The molecule has 0 bridgehead atoms. The second kappa shape index (κ2) is 10.9. The molecule has 0 atom stereocenters. The summed E-state index contributed by atoms with van der Waals surface area (Å²) >= 11 is 0. The number of H-pyrrole nitrogens is 1. The molecule has 2 amide bonds. The van der Waals surface area contributed by atoms with Crippen molar-refractivity contribution in [3.63, 3.8) is 0 Å². The summed E-state index contributed by atoms with van der Waals surface area (Å²) in [5.41, 5.74) is -0.332. The van der Waals surface area contributed by atoms with Gasteiger partial charge in [0.25, 0.3) is 5.56 Å². The molecule has 1 rings (SSSR count). The highest BCUT2D eigenvalue weighted by molar-refractivity contribution is 6.60. The summed E-state index contributed by atoms with van der Waals surface area (Å²) in [6.07, 6.45) is 1.97. The number of amides is 2. The molecule has 1 aromatic rings. The number of nitrogens with zero attached hydrogens (tertiary/aromatic N) is 1. The maximum absolute atomic E-state index is 11.8. The van der Waals surface area contributed by atoms with Gasteiger partial charge in [-0.2, -0.15) is 0 Å². The number of carbonyl (C=O) groups excluding carboxylic acids is 1. The van der Waals surface area contributed by atoms with Crippen molar-refractivity contribution in [1.29, 1.82) is 0 Å². The summed E-state index contributed by atoms with van der Waals surface area (Å²) in [6, 6.07) is 1.44. The van der Waals surface area contributed by atoms with Crippen LogP contribution in [0.4, 0.5) is 10.7 Å². The highest BCUT2D eigenvalue weighted by Gasteiger charge is 2.39. The molecular formula is C14H26N4O5Si. The van der Waals surface area contributed by atoms with Gasteiger partial charge in [0.1, 0.15) is 0 Å². The van der Waals surface area contributed by atoms with Crippen molar-refractivity contribution < 1.29 is 18.1 Å². The van der Waals surface area contributed by atoms with Crippen LogP contribution in [0, 0.1) is 0 Å². The molecule has 0 aliphatic carbocycles. The second-order valence-corrected chi connectivity index (χ2v) is 7.48. The zero-order chi connectivity index (χ0) is 17.8. The van der Waals surface area contributed by atoms with E-state index in [0.29, 0.717) is 38.8 Å². The quantitative estimate of drug-likeness (QED) is 0.406. The largest absolute Gasteiger partial charge is 0.500 e. The highest BCUT2D eigenvalue weighted by Crippen LogP contribution is 2.17. The van der Waals surface area contributed by atoms with Gasteiger partial charge in [-0.3, -0.25) is 15.1 Å². The fourth-order valence-corrected chi connectivity index (χ4v) is 4.71. The number of aromatic amines is 1. The summed E-state index contributed by atoms with van der Waals surface area (Å²) in [4.78, 5) is 29.1. The predicted octanol–water partition coefficient (Wildman–Crippen LogP) is 1.33. The molecule has 0 saturated heterocycles. The topological polar surface area (TPSA) is 115 Å². The van der Waals surface area contributed by atoms with E-state index in [1.54, 1.807) is 0 Å². The molecule has 24 heavy (non-hydrogen) atoms. The van der Waals surface area contributed by atoms with Crippen LogP contribution >= 0.6 is 0 Å². The third kappa shape index (κ3) is 7.21. The number of carbonyl (C=O) groups is 1. The van der Waals surface area contributed by atoms with E-state index in [1.165, 1.54) is 12.3 Å². The summed E-state index contributed by atoms with van der Waals surface area (Å²) in [5.74, 6) is 0.0988. The lowest BCUT2D eigenvalue weighted by molar-refractivity contribution is 0.0708. The van der Waals surface area contributed by atoms with Crippen LogP contribution in [-0.2, 0) is 13.3 Å². The third-order valence-corrected chi connectivity index (χ3v) is 6.09. The lowest BCUT2D eigenvalue weighted by Crippen LogP contribution is -2.46. The minimum Gasteiger partial charge on any atom is -0.374 e. The predicted molar refractivity (Wildman–Crippen MR) is 91.9 cm³/mol. The molecule has 0 aliphatic heterocycles. The molecule has 10 heteroatoms. The minimum atomic E-state index is -2.68. The Bertz CT molecular complexity index is 537. The van der Waals surface area contributed by atoms with Crippen LogP contribution in [0.2, 0.25) is 6.04 Å². The molecule has 3 N–H and O–H groups in total. The van der Waals surface area contributed by atoms with Gasteiger partial charge in [0.15, 0.2) is 0 Å². The third-order valence-electron chi connectivity index (χ3n) is 2.94. The Kier molecular flexibility index (Phi) is 9.23. The standard InChI is InChI=1S/C14H26N4O5Si/c1-4-21-24(22-5-2,23-6-3)11-7-9-16-14(20)18-13-15-10-8-12(19)17-13/h8,10H,4-7,9,11H2,1-3H3,(H3,15,16,17,18,19,20). The number of hydrogen-bond acceptors (Lipinski definition) is 6. The number of aromatic nitrogens is 2. The number of nitrogens with one attached hydrogen (secondary N) is 3. The number of urea groups is 1. The lowest BCUT2D eigenvalue weighted by Gasteiger charge is -2.28.